The number of hydrogen-bond donors (Lipinski definition) is 2. The van der Waals surface area contributed by atoms with Crippen LogP contribution in [-0.4, -0.2) is 11.7 Å². The van der Waals surface area contributed by atoms with Crippen molar-refractivity contribution < 1.29 is 5.11 Å². The molecular weight excluding hydrogens is 186 g/mol. The molecule has 0 heterocycles. The van der Waals surface area contributed by atoms with Gasteiger partial charge >= 0.3 is 0 Å². The van der Waals surface area contributed by atoms with Gasteiger partial charge in [0, 0.05) is 12.6 Å². The van der Waals surface area contributed by atoms with E-state index in [0.29, 0.717) is 0 Å². The molecule has 0 saturated heterocycles. The molecule has 1 rings (SSSR count). The molecule has 0 aromatic heterocycles. The Labute approximate surface area is 92.1 Å². The van der Waals surface area contributed by atoms with E-state index in [0.717, 1.165) is 12.8 Å². The lowest BCUT2D eigenvalue weighted by atomic mass is 9.93. The van der Waals surface area contributed by atoms with Crippen molar-refractivity contribution >= 4 is 0 Å². The van der Waals surface area contributed by atoms with Crippen molar-refractivity contribution in [1.29, 1.82) is 0 Å². The monoisotopic (exact) mass is 207 g/mol. The second kappa shape index (κ2) is 5.29. The first-order chi connectivity index (χ1) is 7.07. The van der Waals surface area contributed by atoms with Crippen molar-refractivity contribution in [2.45, 2.75) is 39.7 Å². The average molecular weight is 207 g/mol. The van der Waals surface area contributed by atoms with Crippen molar-refractivity contribution in [3.8, 4) is 0 Å². The van der Waals surface area contributed by atoms with Crippen LogP contribution < -0.4 is 5.73 Å². The summed E-state index contributed by atoms with van der Waals surface area (Å²) in [5, 5.41) is 8.77. The molecule has 1 aromatic rings. The Hall–Kier alpha value is -0.860. The maximum atomic E-state index is 8.77. The van der Waals surface area contributed by atoms with Gasteiger partial charge in [0.05, 0.1) is 0 Å². The van der Waals surface area contributed by atoms with Crippen molar-refractivity contribution in [2.75, 3.05) is 6.61 Å². The van der Waals surface area contributed by atoms with Crippen LogP contribution >= 0.6 is 0 Å². The summed E-state index contributed by atoms with van der Waals surface area (Å²) in [5.41, 5.74) is 11.2. The first-order valence-corrected chi connectivity index (χ1v) is 5.51. The zero-order chi connectivity index (χ0) is 11.4. The zero-order valence-electron chi connectivity index (χ0n) is 9.88. The van der Waals surface area contributed by atoms with Crippen LogP contribution in [0.15, 0.2) is 12.1 Å². The standard InChI is InChI=1S/C13H21NO/c1-9-6-7-12(11(3)10(9)2)13(14)5-4-8-15/h6-7,13,15H,4-5,8,14H2,1-3H3. The van der Waals surface area contributed by atoms with Gasteiger partial charge in [0.25, 0.3) is 0 Å². The molecule has 15 heavy (non-hydrogen) atoms. The maximum Gasteiger partial charge on any atom is 0.0431 e. The van der Waals surface area contributed by atoms with Crippen LogP contribution in [0.1, 0.15) is 41.1 Å². The second-order valence-electron chi connectivity index (χ2n) is 4.19. The summed E-state index contributed by atoms with van der Waals surface area (Å²) >= 11 is 0. The number of aryl methyl sites for hydroxylation is 1. The molecule has 1 aromatic carbocycles. The van der Waals surface area contributed by atoms with Crippen LogP contribution in [0.3, 0.4) is 0 Å². The quantitative estimate of drug-likeness (QED) is 0.796. The minimum Gasteiger partial charge on any atom is -0.396 e. The summed E-state index contributed by atoms with van der Waals surface area (Å²) in [5.74, 6) is 0. The molecule has 2 heteroatoms. The van der Waals surface area contributed by atoms with Gasteiger partial charge in [-0.2, -0.15) is 0 Å². The fourth-order valence-corrected chi connectivity index (χ4v) is 1.85. The van der Waals surface area contributed by atoms with E-state index in [1.54, 1.807) is 0 Å². The smallest absolute Gasteiger partial charge is 0.0431 e. The van der Waals surface area contributed by atoms with Gasteiger partial charge in [-0.1, -0.05) is 12.1 Å². The number of hydrogen-bond acceptors (Lipinski definition) is 2. The Morgan fingerprint density at radius 1 is 1.20 bits per heavy atom. The van der Waals surface area contributed by atoms with Crippen molar-refractivity contribution in [3.63, 3.8) is 0 Å². The van der Waals surface area contributed by atoms with Gasteiger partial charge in [0.2, 0.25) is 0 Å². The molecule has 0 spiro atoms. The third-order valence-corrected chi connectivity index (χ3v) is 3.17. The van der Waals surface area contributed by atoms with E-state index >= 15 is 0 Å². The lowest BCUT2D eigenvalue weighted by Crippen LogP contribution is -2.13. The van der Waals surface area contributed by atoms with Gasteiger partial charge in [-0.3, -0.25) is 0 Å². The Balaban J connectivity index is 2.90. The van der Waals surface area contributed by atoms with E-state index in [2.05, 4.69) is 32.9 Å². The van der Waals surface area contributed by atoms with E-state index in [-0.39, 0.29) is 12.6 Å². The molecule has 0 radical (unpaired) electrons. The average Bonchev–Trinajstić information content (AvgIpc) is 2.23. The first kappa shape index (κ1) is 12.2. The fourth-order valence-electron chi connectivity index (χ4n) is 1.85. The molecule has 2 nitrogen and oxygen atoms in total. The summed E-state index contributed by atoms with van der Waals surface area (Å²) < 4.78 is 0. The van der Waals surface area contributed by atoms with Gasteiger partial charge in [-0.15, -0.1) is 0 Å². The van der Waals surface area contributed by atoms with Gasteiger partial charge in [0.1, 0.15) is 0 Å². The molecule has 0 bridgehead atoms. The highest BCUT2D eigenvalue weighted by Gasteiger charge is 2.10. The van der Waals surface area contributed by atoms with Crippen LogP contribution in [0.5, 0.6) is 0 Å². The summed E-state index contributed by atoms with van der Waals surface area (Å²) in [7, 11) is 0. The summed E-state index contributed by atoms with van der Waals surface area (Å²) in [6, 6.07) is 4.28. The molecule has 1 atom stereocenters. The fraction of sp³-hybridized carbons (Fsp3) is 0.538. The Morgan fingerprint density at radius 2 is 1.87 bits per heavy atom. The Morgan fingerprint density at radius 3 is 2.47 bits per heavy atom. The first-order valence-electron chi connectivity index (χ1n) is 5.51. The number of benzene rings is 1. The minimum absolute atomic E-state index is 0.0523. The van der Waals surface area contributed by atoms with Crippen LogP contribution in [0.2, 0.25) is 0 Å². The van der Waals surface area contributed by atoms with Crippen molar-refractivity contribution in [3.05, 3.63) is 34.4 Å². The third kappa shape index (κ3) is 2.80. The van der Waals surface area contributed by atoms with Gasteiger partial charge in [-0.25, -0.2) is 0 Å². The van der Waals surface area contributed by atoms with E-state index in [9.17, 15) is 0 Å². The van der Waals surface area contributed by atoms with Gasteiger partial charge < -0.3 is 10.8 Å². The van der Waals surface area contributed by atoms with E-state index in [1.165, 1.54) is 22.3 Å². The lowest BCUT2D eigenvalue weighted by Gasteiger charge is -2.17. The highest BCUT2D eigenvalue weighted by atomic mass is 16.2. The normalized spacial score (nSPS) is 12.9. The lowest BCUT2D eigenvalue weighted by molar-refractivity contribution is 0.280. The van der Waals surface area contributed by atoms with Gasteiger partial charge in [-0.05, 0) is 55.9 Å². The SMILES string of the molecule is Cc1ccc(C(N)CCCO)c(C)c1C. The van der Waals surface area contributed by atoms with Crippen LogP contribution in [-0.2, 0) is 0 Å². The summed E-state index contributed by atoms with van der Waals surface area (Å²) in [4.78, 5) is 0. The topological polar surface area (TPSA) is 46.2 Å². The Kier molecular flexibility index (Phi) is 4.30. The van der Waals surface area contributed by atoms with Gasteiger partial charge in [0.15, 0.2) is 0 Å². The van der Waals surface area contributed by atoms with E-state index in [4.69, 9.17) is 10.8 Å². The van der Waals surface area contributed by atoms with E-state index in [1.807, 2.05) is 0 Å². The van der Waals surface area contributed by atoms with Crippen LogP contribution in [0, 0.1) is 20.8 Å². The number of rotatable bonds is 4. The largest absolute Gasteiger partial charge is 0.396 e. The molecule has 0 aliphatic carbocycles. The number of aliphatic hydroxyl groups excluding tert-OH is 1. The number of aliphatic hydroxyl groups is 1. The molecule has 0 aliphatic heterocycles. The third-order valence-electron chi connectivity index (χ3n) is 3.17. The molecular formula is C13H21NO. The summed E-state index contributed by atoms with van der Waals surface area (Å²) in [6.07, 6.45) is 1.62. The highest BCUT2D eigenvalue weighted by molar-refractivity contribution is 5.40. The minimum atomic E-state index is 0.0523. The predicted octanol–water partition coefficient (Wildman–Crippen LogP) is 2.38. The highest BCUT2D eigenvalue weighted by Crippen LogP contribution is 2.24. The molecule has 0 saturated carbocycles. The summed E-state index contributed by atoms with van der Waals surface area (Å²) in [6.45, 7) is 6.59. The molecule has 84 valence electrons. The number of nitrogens with two attached hydrogens (primary N) is 1. The maximum absolute atomic E-state index is 8.77. The molecule has 1 unspecified atom stereocenters. The molecule has 3 N–H and O–H groups in total. The van der Waals surface area contributed by atoms with Crippen LogP contribution in [0.4, 0.5) is 0 Å². The molecule has 0 aliphatic rings. The van der Waals surface area contributed by atoms with Crippen molar-refractivity contribution in [2.24, 2.45) is 5.73 Å². The Bertz CT molecular complexity index is 334. The van der Waals surface area contributed by atoms with Crippen LogP contribution in [0.25, 0.3) is 0 Å². The van der Waals surface area contributed by atoms with Crippen molar-refractivity contribution in [1.82, 2.24) is 0 Å². The second-order valence-corrected chi connectivity index (χ2v) is 4.19. The molecule has 0 fully saturated rings. The zero-order valence-corrected chi connectivity index (χ0v) is 9.88. The molecule has 0 amide bonds. The predicted molar refractivity (Wildman–Crippen MR) is 63.9 cm³/mol. The van der Waals surface area contributed by atoms with E-state index < -0.39 is 0 Å².